The molecule has 2 aromatic rings. The molecule has 0 spiro atoms. The first-order valence-corrected chi connectivity index (χ1v) is 10.3. The number of hydrogen-bond acceptors (Lipinski definition) is 5. The van der Waals surface area contributed by atoms with Gasteiger partial charge in [0.15, 0.2) is 17.5 Å². The topological polar surface area (TPSA) is 41.9 Å². The summed E-state index contributed by atoms with van der Waals surface area (Å²) >= 11 is 37.0. The van der Waals surface area contributed by atoms with Crippen molar-refractivity contribution in [3.63, 3.8) is 0 Å². The van der Waals surface area contributed by atoms with E-state index in [1.54, 1.807) is 17.8 Å². The van der Waals surface area contributed by atoms with Gasteiger partial charge in [-0.05, 0) is 19.1 Å². The second-order valence-electron chi connectivity index (χ2n) is 5.13. The molecule has 0 radical (unpaired) electrons. The van der Waals surface area contributed by atoms with Crippen LogP contribution >= 0.6 is 81.4 Å². The average molecular weight is 491 g/mol. The molecule has 138 valence electrons. The van der Waals surface area contributed by atoms with Crippen LogP contribution in [-0.4, -0.2) is 21.5 Å². The summed E-state index contributed by atoms with van der Waals surface area (Å²) in [6.45, 7) is 2.80. The maximum atomic E-state index is 5.91. The molecule has 11 heteroatoms. The van der Waals surface area contributed by atoms with E-state index >= 15 is 0 Å². The molecule has 26 heavy (non-hydrogen) atoms. The van der Waals surface area contributed by atoms with Crippen molar-refractivity contribution in [3.05, 3.63) is 46.8 Å². The number of nitrogens with zero attached hydrogens (tertiary/aromatic N) is 4. The van der Waals surface area contributed by atoms with E-state index in [1.807, 2.05) is 31.2 Å². The summed E-state index contributed by atoms with van der Waals surface area (Å²) in [5.41, 5.74) is 1.10. The van der Waals surface area contributed by atoms with Crippen LogP contribution in [0.25, 0.3) is 6.08 Å². The number of halogens is 6. The summed E-state index contributed by atoms with van der Waals surface area (Å²) in [4.78, 5) is 15.6. The van der Waals surface area contributed by atoms with Crippen molar-refractivity contribution in [2.24, 2.45) is 0 Å². The highest BCUT2D eigenvalue weighted by molar-refractivity contribution is 8.03. The molecule has 0 fully saturated rings. The third kappa shape index (κ3) is 4.46. The summed E-state index contributed by atoms with van der Waals surface area (Å²) in [6, 6.07) is 8.04. The van der Waals surface area contributed by atoms with Crippen molar-refractivity contribution in [2.75, 3.05) is 11.4 Å². The minimum absolute atomic E-state index is 0.116. The summed E-state index contributed by atoms with van der Waals surface area (Å²) in [6.07, 6.45) is 1.75. The number of anilines is 1. The molecule has 1 aromatic heterocycles. The lowest BCUT2D eigenvalue weighted by Crippen LogP contribution is -2.19. The van der Waals surface area contributed by atoms with Gasteiger partial charge in [-0.15, -0.1) is 0 Å². The maximum absolute atomic E-state index is 5.91. The zero-order chi connectivity index (χ0) is 19.1. The van der Waals surface area contributed by atoms with Crippen molar-refractivity contribution in [1.82, 2.24) is 15.0 Å². The molecule has 0 saturated heterocycles. The molecule has 4 nitrogen and oxygen atoms in total. The van der Waals surface area contributed by atoms with Crippen LogP contribution in [-0.2, 0) is 7.59 Å². The van der Waals surface area contributed by atoms with Crippen LogP contribution in [0, 0.1) is 0 Å². The number of thioether (sulfide) groups is 1. The molecule has 0 saturated carbocycles. The van der Waals surface area contributed by atoms with Gasteiger partial charge in [0.25, 0.3) is 0 Å². The molecular weight excluding hydrogens is 481 g/mol. The Hall–Kier alpha value is -0.140. The Morgan fingerprint density at radius 3 is 2.08 bits per heavy atom. The molecule has 0 N–H and O–H groups in total. The third-order valence-electron chi connectivity index (χ3n) is 3.37. The van der Waals surface area contributed by atoms with E-state index in [-0.39, 0.29) is 17.5 Å². The van der Waals surface area contributed by atoms with E-state index in [9.17, 15) is 0 Å². The standard InChI is InChI=1S/C15H10Cl6N4S/c1-2-25-8-5-3-4-6-9(8)26-11(25)7-10-22-12(14(16,17)18)24-13(23-10)15(19,20)21/h3-7H,2H2,1H3. The molecule has 1 aromatic carbocycles. The molecule has 0 atom stereocenters. The monoisotopic (exact) mass is 488 g/mol. The first-order valence-electron chi connectivity index (χ1n) is 7.26. The summed E-state index contributed by atoms with van der Waals surface area (Å²) in [5, 5.41) is 0.908. The van der Waals surface area contributed by atoms with Crippen molar-refractivity contribution in [3.8, 4) is 0 Å². The van der Waals surface area contributed by atoms with Gasteiger partial charge in [0, 0.05) is 17.5 Å². The quantitative estimate of drug-likeness (QED) is 0.452. The van der Waals surface area contributed by atoms with Gasteiger partial charge in [-0.1, -0.05) is 93.5 Å². The molecule has 3 rings (SSSR count). The Morgan fingerprint density at radius 2 is 1.54 bits per heavy atom. The van der Waals surface area contributed by atoms with Gasteiger partial charge in [-0.25, -0.2) is 15.0 Å². The predicted molar refractivity (Wildman–Crippen MR) is 112 cm³/mol. The first kappa shape index (κ1) is 20.6. The number of para-hydroxylation sites is 1. The summed E-state index contributed by atoms with van der Waals surface area (Å²) in [7, 11) is 0. The number of alkyl halides is 6. The highest BCUT2D eigenvalue weighted by atomic mass is 35.6. The van der Waals surface area contributed by atoms with Gasteiger partial charge in [0.1, 0.15) is 0 Å². The van der Waals surface area contributed by atoms with Crippen molar-refractivity contribution < 1.29 is 0 Å². The molecule has 1 aliphatic rings. The molecule has 0 unspecified atom stereocenters. The second-order valence-corrected chi connectivity index (χ2v) is 10.8. The Morgan fingerprint density at radius 1 is 0.962 bits per heavy atom. The minimum Gasteiger partial charge on any atom is -0.335 e. The van der Waals surface area contributed by atoms with Crippen LogP contribution in [0.2, 0.25) is 0 Å². The summed E-state index contributed by atoms with van der Waals surface area (Å²) in [5.74, 6) is -0.000115. The van der Waals surface area contributed by atoms with Gasteiger partial charge in [-0.3, -0.25) is 0 Å². The van der Waals surface area contributed by atoms with E-state index in [1.165, 1.54) is 0 Å². The highest BCUT2D eigenvalue weighted by Gasteiger charge is 2.34. The zero-order valence-electron chi connectivity index (χ0n) is 13.1. The molecule has 1 aliphatic heterocycles. The number of rotatable bonds is 2. The Labute approximate surface area is 184 Å². The largest absolute Gasteiger partial charge is 0.335 e. The second kappa shape index (κ2) is 7.70. The number of fused-ring (bicyclic) bond motifs is 1. The van der Waals surface area contributed by atoms with Crippen LogP contribution < -0.4 is 4.90 Å². The number of aromatic nitrogens is 3. The minimum atomic E-state index is -1.88. The van der Waals surface area contributed by atoms with Gasteiger partial charge in [0.2, 0.25) is 7.59 Å². The van der Waals surface area contributed by atoms with Crippen molar-refractivity contribution >= 4 is 93.1 Å². The van der Waals surface area contributed by atoms with E-state index in [4.69, 9.17) is 69.6 Å². The fourth-order valence-electron chi connectivity index (χ4n) is 2.31. The van der Waals surface area contributed by atoms with E-state index < -0.39 is 7.59 Å². The molecular formula is C15H10Cl6N4S. The van der Waals surface area contributed by atoms with Crippen molar-refractivity contribution in [1.29, 1.82) is 0 Å². The smallest absolute Gasteiger partial charge is 0.250 e. The van der Waals surface area contributed by atoms with Gasteiger partial charge >= 0.3 is 0 Å². The van der Waals surface area contributed by atoms with Crippen molar-refractivity contribution in [2.45, 2.75) is 19.4 Å². The predicted octanol–water partition coefficient (Wildman–Crippen LogP) is 6.46. The normalized spacial score (nSPS) is 16.3. The number of benzene rings is 1. The fraction of sp³-hybridized carbons (Fsp3) is 0.267. The fourth-order valence-corrected chi connectivity index (χ4v) is 3.97. The lowest BCUT2D eigenvalue weighted by Gasteiger charge is -2.18. The SMILES string of the molecule is CCN1C(=Cc2nc(C(Cl)(Cl)Cl)nc(C(Cl)(Cl)Cl)n2)Sc2ccccc21. The van der Waals surface area contributed by atoms with E-state index in [0.29, 0.717) is 0 Å². The molecule has 0 aliphatic carbocycles. The number of hydrogen-bond donors (Lipinski definition) is 0. The van der Waals surface area contributed by atoms with E-state index in [2.05, 4.69) is 19.9 Å². The van der Waals surface area contributed by atoms with Crippen LogP contribution in [0.5, 0.6) is 0 Å². The van der Waals surface area contributed by atoms with Gasteiger partial charge in [0.05, 0.1) is 10.7 Å². The van der Waals surface area contributed by atoms with Gasteiger partial charge in [-0.2, -0.15) is 0 Å². The molecule has 2 heterocycles. The maximum Gasteiger partial charge on any atom is 0.250 e. The Kier molecular flexibility index (Phi) is 6.10. The lowest BCUT2D eigenvalue weighted by molar-refractivity contribution is 0.834. The highest BCUT2D eigenvalue weighted by Crippen LogP contribution is 2.46. The lowest BCUT2D eigenvalue weighted by atomic mass is 10.3. The Balaban J connectivity index is 2.08. The van der Waals surface area contributed by atoms with Gasteiger partial charge < -0.3 is 4.90 Å². The molecule has 0 amide bonds. The first-order chi connectivity index (χ1) is 12.1. The molecule has 0 bridgehead atoms. The van der Waals surface area contributed by atoms with Crippen LogP contribution in [0.1, 0.15) is 24.4 Å². The van der Waals surface area contributed by atoms with Crippen LogP contribution in [0.3, 0.4) is 0 Å². The third-order valence-corrected chi connectivity index (χ3v) is 5.49. The Bertz CT molecular complexity index is 830. The zero-order valence-corrected chi connectivity index (χ0v) is 18.4. The van der Waals surface area contributed by atoms with Crippen LogP contribution in [0.15, 0.2) is 34.2 Å². The van der Waals surface area contributed by atoms with Crippen LogP contribution in [0.4, 0.5) is 5.69 Å². The average Bonchev–Trinajstić information content (AvgIpc) is 2.89. The summed E-state index contributed by atoms with van der Waals surface area (Å²) < 4.78 is -3.76. The van der Waals surface area contributed by atoms with E-state index in [0.717, 1.165) is 22.2 Å².